The van der Waals surface area contributed by atoms with E-state index in [2.05, 4.69) is 4.98 Å². The van der Waals surface area contributed by atoms with Crippen LogP contribution < -0.4 is 4.74 Å². The predicted molar refractivity (Wildman–Crippen MR) is 71.8 cm³/mol. The van der Waals surface area contributed by atoms with Crippen LogP contribution in [0.15, 0.2) is 24.5 Å². The molecule has 1 saturated heterocycles. The van der Waals surface area contributed by atoms with Crippen molar-refractivity contribution in [3.05, 3.63) is 24.5 Å². The van der Waals surface area contributed by atoms with Crippen molar-refractivity contribution < 1.29 is 9.53 Å². The molecule has 4 nitrogen and oxygen atoms in total. The third kappa shape index (κ3) is 2.88. The van der Waals surface area contributed by atoms with E-state index in [9.17, 15) is 4.79 Å². The minimum atomic E-state index is 0.217. The number of piperidine rings is 1. The summed E-state index contributed by atoms with van der Waals surface area (Å²) >= 11 is 0. The van der Waals surface area contributed by atoms with Gasteiger partial charge in [-0.1, -0.05) is 6.42 Å². The fourth-order valence-corrected chi connectivity index (χ4v) is 2.72. The number of ether oxygens (including phenoxy) is 1. The number of pyridine rings is 1. The zero-order chi connectivity index (χ0) is 13.1. The van der Waals surface area contributed by atoms with Crippen molar-refractivity contribution in [3.63, 3.8) is 0 Å². The van der Waals surface area contributed by atoms with Crippen molar-refractivity contribution in [1.29, 1.82) is 0 Å². The minimum absolute atomic E-state index is 0.217. The molecule has 0 atom stereocenters. The van der Waals surface area contributed by atoms with Crippen LogP contribution in [0.5, 0.6) is 5.75 Å². The average molecular weight is 260 g/mol. The van der Waals surface area contributed by atoms with Crippen molar-refractivity contribution in [1.82, 2.24) is 9.88 Å². The zero-order valence-electron chi connectivity index (χ0n) is 11.1. The van der Waals surface area contributed by atoms with Crippen molar-refractivity contribution >= 4 is 5.91 Å². The van der Waals surface area contributed by atoms with Gasteiger partial charge in [-0.2, -0.15) is 0 Å². The first-order valence-electron chi connectivity index (χ1n) is 7.18. The van der Waals surface area contributed by atoms with Gasteiger partial charge in [0.15, 0.2) is 0 Å². The van der Waals surface area contributed by atoms with E-state index < -0.39 is 0 Å². The highest BCUT2D eigenvalue weighted by Crippen LogP contribution is 2.29. The van der Waals surface area contributed by atoms with E-state index in [1.165, 1.54) is 6.42 Å². The Kier molecular flexibility index (Phi) is 3.67. The summed E-state index contributed by atoms with van der Waals surface area (Å²) in [6.07, 6.45) is 8.95. The highest BCUT2D eigenvalue weighted by molar-refractivity contribution is 5.79. The minimum Gasteiger partial charge on any atom is -0.489 e. The van der Waals surface area contributed by atoms with Crippen molar-refractivity contribution in [2.45, 2.75) is 38.2 Å². The molecule has 1 aromatic heterocycles. The Morgan fingerprint density at radius 3 is 2.63 bits per heavy atom. The first kappa shape index (κ1) is 12.5. The third-order valence-corrected chi connectivity index (χ3v) is 4.15. The van der Waals surface area contributed by atoms with E-state index in [0.29, 0.717) is 11.8 Å². The van der Waals surface area contributed by atoms with Gasteiger partial charge < -0.3 is 9.64 Å². The Hall–Kier alpha value is -1.58. The lowest BCUT2D eigenvalue weighted by molar-refractivity contribution is -0.140. The molecule has 2 aliphatic rings. The van der Waals surface area contributed by atoms with Gasteiger partial charge in [0.2, 0.25) is 5.91 Å². The number of hydrogen-bond donors (Lipinski definition) is 0. The van der Waals surface area contributed by atoms with Gasteiger partial charge in [0.1, 0.15) is 11.9 Å². The van der Waals surface area contributed by atoms with Gasteiger partial charge in [0, 0.05) is 38.0 Å². The molecule has 0 spiro atoms. The molecule has 1 aliphatic heterocycles. The van der Waals surface area contributed by atoms with Gasteiger partial charge in [0.05, 0.1) is 6.20 Å². The molecule has 0 aromatic carbocycles. The highest BCUT2D eigenvalue weighted by atomic mass is 16.5. The van der Waals surface area contributed by atoms with Crippen LogP contribution in [0, 0.1) is 5.92 Å². The number of amides is 1. The number of aromatic nitrogens is 1. The maximum atomic E-state index is 12.1. The first-order chi connectivity index (χ1) is 9.33. The molecule has 2 heterocycles. The molecule has 4 heteroatoms. The second kappa shape index (κ2) is 5.59. The second-order valence-corrected chi connectivity index (χ2v) is 5.46. The Balaban J connectivity index is 1.48. The smallest absolute Gasteiger partial charge is 0.225 e. The van der Waals surface area contributed by atoms with Crippen LogP contribution in [0.2, 0.25) is 0 Å². The Morgan fingerprint density at radius 1 is 1.26 bits per heavy atom. The molecule has 0 radical (unpaired) electrons. The monoisotopic (exact) mass is 260 g/mol. The summed E-state index contributed by atoms with van der Waals surface area (Å²) in [7, 11) is 0. The molecule has 0 bridgehead atoms. The van der Waals surface area contributed by atoms with E-state index in [1.54, 1.807) is 12.4 Å². The third-order valence-electron chi connectivity index (χ3n) is 4.15. The van der Waals surface area contributed by atoms with Crippen molar-refractivity contribution in [2.24, 2.45) is 5.92 Å². The fourth-order valence-electron chi connectivity index (χ4n) is 2.72. The van der Waals surface area contributed by atoms with Crippen LogP contribution in [0.3, 0.4) is 0 Å². The summed E-state index contributed by atoms with van der Waals surface area (Å²) in [6.45, 7) is 1.67. The number of nitrogens with zero attached hydrogens (tertiary/aromatic N) is 2. The van der Waals surface area contributed by atoms with Crippen molar-refractivity contribution in [3.8, 4) is 5.75 Å². The Bertz CT molecular complexity index is 423. The van der Waals surface area contributed by atoms with Gasteiger partial charge in [-0.3, -0.25) is 9.78 Å². The summed E-state index contributed by atoms with van der Waals surface area (Å²) < 4.78 is 5.88. The lowest BCUT2D eigenvalue weighted by atomic mass is 9.84. The number of rotatable bonds is 3. The Morgan fingerprint density at radius 2 is 2.05 bits per heavy atom. The molecule has 1 aliphatic carbocycles. The second-order valence-electron chi connectivity index (χ2n) is 5.46. The molecule has 1 saturated carbocycles. The lowest BCUT2D eigenvalue weighted by Gasteiger charge is -2.36. The van der Waals surface area contributed by atoms with Gasteiger partial charge in [0.25, 0.3) is 0 Å². The molecule has 0 N–H and O–H groups in total. The summed E-state index contributed by atoms with van der Waals surface area (Å²) in [5, 5.41) is 0. The highest BCUT2D eigenvalue weighted by Gasteiger charge is 2.31. The van der Waals surface area contributed by atoms with Crippen molar-refractivity contribution in [2.75, 3.05) is 13.1 Å². The lowest BCUT2D eigenvalue weighted by Crippen LogP contribution is -2.45. The summed E-state index contributed by atoms with van der Waals surface area (Å²) in [6, 6.07) is 3.81. The number of hydrogen-bond acceptors (Lipinski definition) is 3. The molecular weight excluding hydrogens is 240 g/mol. The number of likely N-dealkylation sites (tertiary alicyclic amines) is 1. The fraction of sp³-hybridized carbons (Fsp3) is 0.600. The number of carbonyl (C=O) groups excluding carboxylic acids is 1. The maximum absolute atomic E-state index is 12.1. The van der Waals surface area contributed by atoms with Crippen LogP contribution >= 0.6 is 0 Å². The largest absolute Gasteiger partial charge is 0.489 e. The quantitative estimate of drug-likeness (QED) is 0.837. The number of carbonyl (C=O) groups is 1. The summed E-state index contributed by atoms with van der Waals surface area (Å²) in [5.74, 6) is 1.51. The first-order valence-corrected chi connectivity index (χ1v) is 7.18. The van der Waals surface area contributed by atoms with Gasteiger partial charge in [-0.25, -0.2) is 0 Å². The standard InChI is InChI=1S/C15H20N2O2/c18-15(12-3-1-4-12)17-9-6-13(7-10-17)19-14-5-2-8-16-11-14/h2,5,8,11-13H,1,3-4,6-7,9-10H2. The zero-order valence-corrected chi connectivity index (χ0v) is 11.1. The van der Waals surface area contributed by atoms with E-state index in [1.807, 2.05) is 17.0 Å². The van der Waals surface area contributed by atoms with Crippen LogP contribution in [-0.2, 0) is 4.79 Å². The molecule has 0 unspecified atom stereocenters. The molecule has 19 heavy (non-hydrogen) atoms. The van der Waals surface area contributed by atoms with E-state index >= 15 is 0 Å². The SMILES string of the molecule is O=C(C1CCC1)N1CCC(Oc2cccnc2)CC1. The maximum Gasteiger partial charge on any atom is 0.225 e. The molecular formula is C15H20N2O2. The normalized spacial score (nSPS) is 20.9. The predicted octanol–water partition coefficient (Wildman–Crippen LogP) is 2.25. The molecule has 3 rings (SSSR count). The average Bonchev–Trinajstić information content (AvgIpc) is 2.39. The summed E-state index contributed by atoms with van der Waals surface area (Å²) in [5.41, 5.74) is 0. The van der Waals surface area contributed by atoms with E-state index in [4.69, 9.17) is 4.74 Å². The van der Waals surface area contributed by atoms with E-state index in [0.717, 1.165) is 44.5 Å². The van der Waals surface area contributed by atoms with Crippen LogP contribution in [0.25, 0.3) is 0 Å². The van der Waals surface area contributed by atoms with Gasteiger partial charge in [-0.05, 0) is 25.0 Å². The van der Waals surface area contributed by atoms with E-state index in [-0.39, 0.29) is 6.10 Å². The van der Waals surface area contributed by atoms with Gasteiger partial charge >= 0.3 is 0 Å². The summed E-state index contributed by atoms with van der Waals surface area (Å²) in [4.78, 5) is 18.2. The Labute approximate surface area is 113 Å². The molecule has 1 amide bonds. The molecule has 102 valence electrons. The molecule has 2 fully saturated rings. The van der Waals surface area contributed by atoms with Crippen LogP contribution in [0.4, 0.5) is 0 Å². The van der Waals surface area contributed by atoms with Crippen LogP contribution in [0.1, 0.15) is 32.1 Å². The van der Waals surface area contributed by atoms with Gasteiger partial charge in [-0.15, -0.1) is 0 Å². The molecule has 1 aromatic rings. The van der Waals surface area contributed by atoms with Crippen LogP contribution in [-0.4, -0.2) is 35.0 Å². The topological polar surface area (TPSA) is 42.4 Å².